The fraction of sp³-hybridized carbons (Fsp3) is 0.391. The van der Waals surface area contributed by atoms with E-state index in [-0.39, 0.29) is 17.9 Å². The van der Waals surface area contributed by atoms with Crippen LogP contribution in [0.3, 0.4) is 0 Å². The van der Waals surface area contributed by atoms with Crippen LogP contribution in [0, 0.1) is 5.92 Å². The summed E-state index contributed by atoms with van der Waals surface area (Å²) in [5.74, 6) is 1.28. The predicted octanol–water partition coefficient (Wildman–Crippen LogP) is 4.35. The molecule has 0 bridgehead atoms. The quantitative estimate of drug-likeness (QED) is 0.816. The summed E-state index contributed by atoms with van der Waals surface area (Å²) in [5, 5.41) is 2.96. The zero-order valence-corrected chi connectivity index (χ0v) is 17.2. The van der Waals surface area contributed by atoms with Crippen molar-refractivity contribution in [3.8, 4) is 11.5 Å². The predicted molar refractivity (Wildman–Crippen MR) is 111 cm³/mol. The zero-order valence-electron chi connectivity index (χ0n) is 17.2. The minimum absolute atomic E-state index is 0.0410. The SMILES string of the molecule is CC(C)(C)OC(=O)N1CCC(C(=O)NCc2ccc(Oc3ccccc3)cc2)C1. The molecule has 1 heterocycles. The number of likely N-dealkylation sites (tertiary alicyclic amines) is 1. The molecule has 6 heteroatoms. The van der Waals surface area contributed by atoms with Crippen molar-refractivity contribution in [1.82, 2.24) is 10.2 Å². The molecular weight excluding hydrogens is 368 g/mol. The number of ether oxygens (including phenoxy) is 2. The fourth-order valence-corrected chi connectivity index (χ4v) is 3.10. The molecule has 1 N–H and O–H groups in total. The highest BCUT2D eigenvalue weighted by Gasteiger charge is 2.33. The van der Waals surface area contributed by atoms with Crippen LogP contribution in [-0.2, 0) is 16.1 Å². The first-order valence-electron chi connectivity index (χ1n) is 9.88. The number of carbonyl (C=O) groups excluding carboxylic acids is 2. The van der Waals surface area contributed by atoms with Gasteiger partial charge >= 0.3 is 6.09 Å². The van der Waals surface area contributed by atoms with E-state index in [0.29, 0.717) is 26.1 Å². The monoisotopic (exact) mass is 396 g/mol. The molecule has 0 aliphatic carbocycles. The molecule has 1 atom stereocenters. The van der Waals surface area contributed by atoms with E-state index in [1.807, 2.05) is 75.4 Å². The Morgan fingerprint density at radius 2 is 1.69 bits per heavy atom. The highest BCUT2D eigenvalue weighted by atomic mass is 16.6. The van der Waals surface area contributed by atoms with E-state index >= 15 is 0 Å². The second kappa shape index (κ2) is 8.99. The van der Waals surface area contributed by atoms with Crippen LogP contribution in [0.1, 0.15) is 32.8 Å². The molecule has 0 aromatic heterocycles. The number of amides is 2. The van der Waals surface area contributed by atoms with Gasteiger partial charge in [-0.1, -0.05) is 30.3 Å². The summed E-state index contributed by atoms with van der Waals surface area (Å²) in [6, 6.07) is 17.2. The van der Waals surface area contributed by atoms with Crippen molar-refractivity contribution in [3.63, 3.8) is 0 Å². The van der Waals surface area contributed by atoms with Gasteiger partial charge in [-0.25, -0.2) is 4.79 Å². The van der Waals surface area contributed by atoms with Gasteiger partial charge in [0.25, 0.3) is 0 Å². The summed E-state index contributed by atoms with van der Waals surface area (Å²) >= 11 is 0. The van der Waals surface area contributed by atoms with Gasteiger partial charge in [0.1, 0.15) is 17.1 Å². The highest BCUT2D eigenvalue weighted by molar-refractivity contribution is 5.80. The van der Waals surface area contributed by atoms with Crippen molar-refractivity contribution in [1.29, 1.82) is 0 Å². The molecule has 0 spiro atoms. The average molecular weight is 396 g/mol. The lowest BCUT2D eigenvalue weighted by Gasteiger charge is -2.24. The Balaban J connectivity index is 1.45. The molecule has 1 saturated heterocycles. The topological polar surface area (TPSA) is 67.9 Å². The Hall–Kier alpha value is -3.02. The second-order valence-corrected chi connectivity index (χ2v) is 8.19. The normalized spacial score (nSPS) is 16.4. The largest absolute Gasteiger partial charge is 0.457 e. The fourth-order valence-electron chi connectivity index (χ4n) is 3.10. The van der Waals surface area contributed by atoms with Gasteiger partial charge in [-0.2, -0.15) is 0 Å². The van der Waals surface area contributed by atoms with E-state index in [1.54, 1.807) is 4.90 Å². The second-order valence-electron chi connectivity index (χ2n) is 8.19. The zero-order chi connectivity index (χ0) is 20.9. The van der Waals surface area contributed by atoms with Crippen LogP contribution in [0.4, 0.5) is 4.79 Å². The van der Waals surface area contributed by atoms with Gasteiger partial charge in [-0.3, -0.25) is 4.79 Å². The lowest BCUT2D eigenvalue weighted by Crippen LogP contribution is -2.37. The molecule has 3 rings (SSSR count). The van der Waals surface area contributed by atoms with Crippen molar-refractivity contribution in [2.45, 2.75) is 39.3 Å². The Morgan fingerprint density at radius 1 is 1.03 bits per heavy atom. The number of nitrogens with one attached hydrogen (secondary N) is 1. The Bertz CT molecular complexity index is 828. The molecule has 2 aromatic rings. The molecule has 1 aliphatic heterocycles. The minimum Gasteiger partial charge on any atom is -0.457 e. The molecule has 154 valence electrons. The third-order valence-electron chi connectivity index (χ3n) is 4.58. The standard InChI is InChI=1S/C23H28N2O4/c1-23(2,3)29-22(27)25-14-13-18(16-25)21(26)24-15-17-9-11-20(12-10-17)28-19-7-5-4-6-8-19/h4-12,18H,13-16H2,1-3H3,(H,24,26). The smallest absolute Gasteiger partial charge is 0.410 e. The molecule has 1 unspecified atom stereocenters. The third-order valence-corrected chi connectivity index (χ3v) is 4.58. The summed E-state index contributed by atoms with van der Waals surface area (Å²) in [4.78, 5) is 26.2. The molecule has 2 aromatic carbocycles. The van der Waals surface area contributed by atoms with Crippen molar-refractivity contribution < 1.29 is 19.1 Å². The van der Waals surface area contributed by atoms with Gasteiger partial charge in [-0.05, 0) is 57.0 Å². The van der Waals surface area contributed by atoms with E-state index < -0.39 is 5.60 Å². The number of benzene rings is 2. The van der Waals surface area contributed by atoms with Crippen molar-refractivity contribution in [2.24, 2.45) is 5.92 Å². The van der Waals surface area contributed by atoms with E-state index in [1.165, 1.54) is 0 Å². The van der Waals surface area contributed by atoms with Gasteiger partial charge < -0.3 is 19.7 Å². The van der Waals surface area contributed by atoms with Crippen LogP contribution in [0.2, 0.25) is 0 Å². The Morgan fingerprint density at radius 3 is 2.34 bits per heavy atom. The molecule has 6 nitrogen and oxygen atoms in total. The first-order chi connectivity index (χ1) is 13.8. The van der Waals surface area contributed by atoms with Gasteiger partial charge in [0, 0.05) is 19.6 Å². The summed E-state index contributed by atoms with van der Waals surface area (Å²) in [7, 11) is 0. The molecule has 0 saturated carbocycles. The minimum atomic E-state index is -0.534. The molecule has 2 amide bonds. The van der Waals surface area contributed by atoms with Crippen LogP contribution in [0.25, 0.3) is 0 Å². The van der Waals surface area contributed by atoms with Gasteiger partial charge in [0.05, 0.1) is 5.92 Å². The van der Waals surface area contributed by atoms with Crippen LogP contribution in [0.5, 0.6) is 11.5 Å². The molecule has 1 aliphatic rings. The lowest BCUT2D eigenvalue weighted by molar-refractivity contribution is -0.124. The summed E-state index contributed by atoms with van der Waals surface area (Å²) in [6.07, 6.45) is 0.288. The molecular formula is C23H28N2O4. The Kier molecular flexibility index (Phi) is 6.42. The maximum absolute atomic E-state index is 12.5. The van der Waals surface area contributed by atoms with Crippen molar-refractivity contribution in [2.75, 3.05) is 13.1 Å². The van der Waals surface area contributed by atoms with Crippen LogP contribution in [0.15, 0.2) is 54.6 Å². The first kappa shape index (κ1) is 20.7. The number of hydrogen-bond acceptors (Lipinski definition) is 4. The Labute approximate surface area is 171 Å². The number of rotatable bonds is 5. The summed E-state index contributed by atoms with van der Waals surface area (Å²) in [5.41, 5.74) is 0.453. The van der Waals surface area contributed by atoms with Gasteiger partial charge in [0.2, 0.25) is 5.91 Å². The van der Waals surface area contributed by atoms with E-state index in [0.717, 1.165) is 17.1 Å². The van der Waals surface area contributed by atoms with Crippen molar-refractivity contribution >= 4 is 12.0 Å². The number of para-hydroxylation sites is 1. The maximum Gasteiger partial charge on any atom is 0.410 e. The lowest BCUT2D eigenvalue weighted by atomic mass is 10.1. The van der Waals surface area contributed by atoms with Gasteiger partial charge in [-0.15, -0.1) is 0 Å². The van der Waals surface area contributed by atoms with E-state index in [9.17, 15) is 9.59 Å². The maximum atomic E-state index is 12.5. The number of nitrogens with zero attached hydrogens (tertiary/aromatic N) is 1. The molecule has 0 radical (unpaired) electrons. The third kappa shape index (κ3) is 6.24. The average Bonchev–Trinajstić information content (AvgIpc) is 3.17. The van der Waals surface area contributed by atoms with Crippen LogP contribution in [-0.4, -0.2) is 35.6 Å². The van der Waals surface area contributed by atoms with Crippen molar-refractivity contribution in [3.05, 3.63) is 60.2 Å². The molecule has 1 fully saturated rings. The van der Waals surface area contributed by atoms with Gasteiger partial charge in [0.15, 0.2) is 0 Å². The summed E-state index contributed by atoms with van der Waals surface area (Å²) in [6.45, 7) is 6.88. The summed E-state index contributed by atoms with van der Waals surface area (Å²) < 4.78 is 11.1. The number of hydrogen-bond donors (Lipinski definition) is 1. The first-order valence-corrected chi connectivity index (χ1v) is 9.88. The number of carbonyl (C=O) groups is 2. The van der Waals surface area contributed by atoms with E-state index in [4.69, 9.17) is 9.47 Å². The van der Waals surface area contributed by atoms with Crippen LogP contribution < -0.4 is 10.1 Å². The van der Waals surface area contributed by atoms with E-state index in [2.05, 4.69) is 5.32 Å². The van der Waals surface area contributed by atoms with Crippen LogP contribution >= 0.6 is 0 Å². The molecule has 29 heavy (non-hydrogen) atoms. The highest BCUT2D eigenvalue weighted by Crippen LogP contribution is 2.22.